The van der Waals surface area contributed by atoms with E-state index in [-0.39, 0.29) is 29.7 Å². The number of ether oxygens (including phenoxy) is 2. The highest BCUT2D eigenvalue weighted by Gasteiger charge is 2.34. The summed E-state index contributed by atoms with van der Waals surface area (Å²) >= 11 is 6.25. The van der Waals surface area contributed by atoms with E-state index in [1.165, 1.54) is 11.7 Å². The van der Waals surface area contributed by atoms with Gasteiger partial charge in [0.25, 0.3) is 5.56 Å². The van der Waals surface area contributed by atoms with Gasteiger partial charge in [0, 0.05) is 37.9 Å². The van der Waals surface area contributed by atoms with Gasteiger partial charge in [-0.25, -0.2) is 14.5 Å². The molecule has 0 saturated heterocycles. The minimum absolute atomic E-state index is 0.0937. The standard InChI is InChI=1S/C30H36ClN7O4/c1-9-42-29(40)25-23(26(17(2)3)38(35-25)22-15-32-30(36(5)6)34-27(22)41-8)24(19-10-12-20(31)13-11-19)33-21-14-18(4)16-37(7)28(21)39/h10-17,24,33H,9H2,1-8H3. The van der Waals surface area contributed by atoms with Crippen LogP contribution in [0.2, 0.25) is 5.02 Å². The average Bonchev–Trinajstić information content (AvgIpc) is 3.35. The molecule has 0 bridgehead atoms. The van der Waals surface area contributed by atoms with Crippen LogP contribution in [0.15, 0.2) is 47.5 Å². The quantitative estimate of drug-likeness (QED) is 0.256. The molecule has 1 N–H and O–H groups in total. The van der Waals surface area contributed by atoms with Crippen LogP contribution in [0, 0.1) is 6.92 Å². The Labute approximate surface area is 250 Å². The maximum Gasteiger partial charge on any atom is 0.359 e. The van der Waals surface area contributed by atoms with E-state index in [0.29, 0.717) is 33.6 Å². The molecule has 12 heteroatoms. The van der Waals surface area contributed by atoms with E-state index in [4.69, 9.17) is 26.2 Å². The number of carbonyl (C=O) groups is 1. The Kier molecular flexibility index (Phi) is 9.20. The van der Waals surface area contributed by atoms with Crippen molar-refractivity contribution in [2.45, 2.75) is 39.7 Å². The van der Waals surface area contributed by atoms with Gasteiger partial charge in [-0.3, -0.25) is 4.79 Å². The molecule has 0 amide bonds. The third-order valence-electron chi connectivity index (χ3n) is 6.63. The van der Waals surface area contributed by atoms with Crippen molar-refractivity contribution in [2.75, 3.05) is 38.0 Å². The minimum Gasteiger partial charge on any atom is -0.479 e. The number of pyridine rings is 1. The molecule has 3 aromatic heterocycles. The largest absolute Gasteiger partial charge is 0.479 e. The second-order valence-corrected chi connectivity index (χ2v) is 10.8. The highest BCUT2D eigenvalue weighted by molar-refractivity contribution is 6.30. The Hall–Kier alpha value is -4.38. The van der Waals surface area contributed by atoms with Gasteiger partial charge in [0.05, 0.1) is 31.6 Å². The van der Waals surface area contributed by atoms with Gasteiger partial charge in [-0.1, -0.05) is 37.6 Å². The van der Waals surface area contributed by atoms with Crippen LogP contribution in [0.4, 0.5) is 11.6 Å². The zero-order valence-corrected chi connectivity index (χ0v) is 25.9. The first-order valence-corrected chi connectivity index (χ1v) is 13.9. The van der Waals surface area contributed by atoms with Crippen molar-refractivity contribution in [3.05, 3.63) is 86.2 Å². The SMILES string of the molecule is CCOC(=O)c1nn(-c2cnc(N(C)C)nc2OC)c(C(C)C)c1C(Nc1cc(C)cn(C)c1=O)c1ccc(Cl)cc1. The lowest BCUT2D eigenvalue weighted by Crippen LogP contribution is -2.25. The molecule has 0 aliphatic rings. The third-order valence-corrected chi connectivity index (χ3v) is 6.88. The number of benzene rings is 1. The predicted octanol–water partition coefficient (Wildman–Crippen LogP) is 4.90. The molecule has 0 fully saturated rings. The number of rotatable bonds is 10. The Morgan fingerprint density at radius 2 is 1.88 bits per heavy atom. The number of carbonyl (C=O) groups excluding carboxylic acids is 1. The van der Waals surface area contributed by atoms with Gasteiger partial charge in [0.2, 0.25) is 11.8 Å². The summed E-state index contributed by atoms with van der Waals surface area (Å²) in [6.07, 6.45) is 3.37. The monoisotopic (exact) mass is 593 g/mol. The van der Waals surface area contributed by atoms with Crippen molar-refractivity contribution < 1.29 is 14.3 Å². The first kappa shape index (κ1) is 30.6. The summed E-state index contributed by atoms with van der Waals surface area (Å²) in [5, 5.41) is 8.76. The Morgan fingerprint density at radius 1 is 1.19 bits per heavy atom. The molecule has 0 aliphatic heterocycles. The molecule has 4 rings (SSSR count). The topological polar surface area (TPSA) is 116 Å². The van der Waals surface area contributed by atoms with E-state index in [9.17, 15) is 9.59 Å². The van der Waals surface area contributed by atoms with Crippen molar-refractivity contribution in [1.29, 1.82) is 0 Å². The van der Waals surface area contributed by atoms with Crippen LogP contribution in [0.3, 0.4) is 0 Å². The second-order valence-electron chi connectivity index (χ2n) is 10.4. The number of nitrogens with one attached hydrogen (secondary N) is 1. The number of hydrogen-bond acceptors (Lipinski definition) is 9. The lowest BCUT2D eigenvalue weighted by atomic mass is 9.92. The molecule has 1 aromatic carbocycles. The van der Waals surface area contributed by atoms with Crippen LogP contribution in [-0.2, 0) is 11.8 Å². The van der Waals surface area contributed by atoms with Crippen LogP contribution in [0.5, 0.6) is 5.88 Å². The molecule has 0 saturated carbocycles. The molecule has 0 radical (unpaired) electrons. The third kappa shape index (κ3) is 6.11. The number of anilines is 2. The van der Waals surface area contributed by atoms with Gasteiger partial charge in [0.15, 0.2) is 5.69 Å². The summed E-state index contributed by atoms with van der Waals surface area (Å²) in [6, 6.07) is 8.33. The van der Waals surface area contributed by atoms with E-state index in [0.717, 1.165) is 11.1 Å². The molecule has 1 atom stereocenters. The zero-order valence-electron chi connectivity index (χ0n) is 25.1. The summed E-state index contributed by atoms with van der Waals surface area (Å²) < 4.78 is 14.3. The molecule has 0 aliphatic carbocycles. The van der Waals surface area contributed by atoms with Gasteiger partial charge >= 0.3 is 5.97 Å². The van der Waals surface area contributed by atoms with Crippen LogP contribution >= 0.6 is 11.6 Å². The zero-order chi connectivity index (χ0) is 30.7. The summed E-state index contributed by atoms with van der Waals surface area (Å²) in [5.41, 5.74) is 3.59. The first-order valence-electron chi connectivity index (χ1n) is 13.5. The number of hydrogen-bond donors (Lipinski definition) is 1. The molecule has 4 aromatic rings. The Balaban J connectivity index is 2.07. The number of nitrogens with zero attached hydrogens (tertiary/aromatic N) is 6. The number of aromatic nitrogens is 5. The number of methoxy groups -OCH3 is 1. The van der Waals surface area contributed by atoms with E-state index < -0.39 is 12.0 Å². The number of aryl methyl sites for hydroxylation is 2. The van der Waals surface area contributed by atoms with Crippen molar-refractivity contribution in [3.63, 3.8) is 0 Å². The van der Waals surface area contributed by atoms with E-state index in [2.05, 4.69) is 15.3 Å². The van der Waals surface area contributed by atoms with Gasteiger partial charge in [0.1, 0.15) is 11.4 Å². The molecule has 42 heavy (non-hydrogen) atoms. The van der Waals surface area contributed by atoms with E-state index >= 15 is 0 Å². The Bertz CT molecular complexity index is 1640. The molecule has 3 heterocycles. The molecule has 1 unspecified atom stereocenters. The van der Waals surface area contributed by atoms with Gasteiger partial charge < -0.3 is 24.3 Å². The fourth-order valence-electron chi connectivity index (χ4n) is 4.80. The summed E-state index contributed by atoms with van der Waals surface area (Å²) in [5.74, 6) is -0.0130. The van der Waals surface area contributed by atoms with E-state index in [1.807, 2.05) is 47.0 Å². The smallest absolute Gasteiger partial charge is 0.359 e. The van der Waals surface area contributed by atoms with Gasteiger partial charge in [-0.2, -0.15) is 10.1 Å². The highest BCUT2D eigenvalue weighted by atomic mass is 35.5. The molecule has 11 nitrogen and oxygen atoms in total. The fraction of sp³-hybridized carbons (Fsp3) is 0.367. The summed E-state index contributed by atoms with van der Waals surface area (Å²) in [6.45, 7) is 7.80. The summed E-state index contributed by atoms with van der Waals surface area (Å²) in [4.78, 5) is 37.5. The summed E-state index contributed by atoms with van der Waals surface area (Å²) in [7, 11) is 6.87. The van der Waals surface area contributed by atoms with Crippen molar-refractivity contribution in [1.82, 2.24) is 24.3 Å². The molecule has 0 spiro atoms. The van der Waals surface area contributed by atoms with Gasteiger partial charge in [-0.15, -0.1) is 0 Å². The second kappa shape index (κ2) is 12.6. The number of esters is 1. The number of halogens is 1. The average molecular weight is 594 g/mol. The first-order chi connectivity index (χ1) is 20.0. The van der Waals surface area contributed by atoms with Crippen molar-refractivity contribution >= 4 is 29.2 Å². The van der Waals surface area contributed by atoms with Crippen molar-refractivity contribution in [3.8, 4) is 11.6 Å². The predicted molar refractivity (Wildman–Crippen MR) is 163 cm³/mol. The highest BCUT2D eigenvalue weighted by Crippen LogP contribution is 2.38. The normalized spacial score (nSPS) is 11.9. The molecular formula is C30H36ClN7O4. The fourth-order valence-corrected chi connectivity index (χ4v) is 4.92. The van der Waals surface area contributed by atoms with E-state index in [1.54, 1.807) is 54.1 Å². The maximum absolute atomic E-state index is 13.5. The minimum atomic E-state index is -0.685. The lowest BCUT2D eigenvalue weighted by molar-refractivity contribution is 0.0517. The van der Waals surface area contributed by atoms with Crippen LogP contribution < -0.4 is 20.5 Å². The van der Waals surface area contributed by atoms with Crippen LogP contribution in [0.1, 0.15) is 65.6 Å². The van der Waals surface area contributed by atoms with Crippen LogP contribution in [0.25, 0.3) is 5.69 Å². The van der Waals surface area contributed by atoms with Gasteiger partial charge in [-0.05, 0) is 49.1 Å². The maximum atomic E-state index is 13.5. The lowest BCUT2D eigenvalue weighted by Gasteiger charge is -2.24. The molecular weight excluding hydrogens is 558 g/mol. The molecule has 222 valence electrons. The Morgan fingerprint density at radius 3 is 2.48 bits per heavy atom. The van der Waals surface area contributed by atoms with Crippen LogP contribution in [-0.4, -0.2) is 58.1 Å². The van der Waals surface area contributed by atoms with Crippen molar-refractivity contribution in [2.24, 2.45) is 7.05 Å².